The van der Waals surface area contributed by atoms with Gasteiger partial charge in [-0.1, -0.05) is 11.3 Å². The SMILES string of the molecule is Cc1cc(C)n(CCN(C(=O)C2=COCCO2)c2nc3c(F)cc(F)cc3s2)n1. The van der Waals surface area contributed by atoms with Gasteiger partial charge >= 0.3 is 0 Å². The Bertz CT molecular complexity index is 1110. The van der Waals surface area contributed by atoms with E-state index in [2.05, 4.69) is 10.1 Å². The van der Waals surface area contributed by atoms with E-state index >= 15 is 0 Å². The quantitative estimate of drug-likeness (QED) is 0.634. The Hall–Kier alpha value is -3.01. The van der Waals surface area contributed by atoms with Crippen LogP contribution in [0.25, 0.3) is 10.2 Å². The highest BCUT2D eigenvalue weighted by atomic mass is 32.1. The first-order valence-corrected chi connectivity index (χ1v) is 9.77. The number of benzene rings is 1. The molecule has 152 valence electrons. The Morgan fingerprint density at radius 1 is 1.28 bits per heavy atom. The van der Waals surface area contributed by atoms with Gasteiger partial charge in [-0.15, -0.1) is 0 Å². The molecule has 0 radical (unpaired) electrons. The minimum absolute atomic E-state index is 0.0186. The van der Waals surface area contributed by atoms with Crippen molar-refractivity contribution in [1.29, 1.82) is 0 Å². The molecule has 2 aromatic heterocycles. The Morgan fingerprint density at radius 3 is 2.79 bits per heavy atom. The van der Waals surface area contributed by atoms with Crippen LogP contribution in [0, 0.1) is 25.5 Å². The monoisotopic (exact) mass is 420 g/mol. The van der Waals surface area contributed by atoms with Crippen molar-refractivity contribution in [3.8, 4) is 0 Å². The van der Waals surface area contributed by atoms with Gasteiger partial charge in [0.2, 0.25) is 5.76 Å². The van der Waals surface area contributed by atoms with E-state index in [1.54, 1.807) is 4.68 Å². The Morgan fingerprint density at radius 2 is 2.10 bits per heavy atom. The number of hydrogen-bond donors (Lipinski definition) is 0. The van der Waals surface area contributed by atoms with E-state index in [9.17, 15) is 13.6 Å². The van der Waals surface area contributed by atoms with E-state index in [4.69, 9.17) is 9.47 Å². The van der Waals surface area contributed by atoms with Crippen molar-refractivity contribution in [3.05, 3.63) is 53.2 Å². The predicted octanol–water partition coefficient (Wildman–Crippen LogP) is 3.31. The summed E-state index contributed by atoms with van der Waals surface area (Å²) in [5.41, 5.74) is 1.83. The summed E-state index contributed by atoms with van der Waals surface area (Å²) in [4.78, 5) is 18.7. The van der Waals surface area contributed by atoms with Crippen molar-refractivity contribution in [3.63, 3.8) is 0 Å². The minimum Gasteiger partial charge on any atom is -0.494 e. The first-order chi connectivity index (χ1) is 13.9. The number of rotatable bonds is 5. The third-order valence-electron chi connectivity index (χ3n) is 4.38. The van der Waals surface area contributed by atoms with E-state index in [0.717, 1.165) is 28.8 Å². The molecule has 29 heavy (non-hydrogen) atoms. The topological polar surface area (TPSA) is 69.5 Å². The van der Waals surface area contributed by atoms with Crippen LogP contribution in [0.15, 0.2) is 30.2 Å². The molecule has 0 fully saturated rings. The van der Waals surface area contributed by atoms with Crippen molar-refractivity contribution in [2.75, 3.05) is 24.7 Å². The zero-order valence-electron chi connectivity index (χ0n) is 15.8. The molecule has 0 aliphatic carbocycles. The van der Waals surface area contributed by atoms with Crippen molar-refractivity contribution in [2.24, 2.45) is 0 Å². The van der Waals surface area contributed by atoms with Crippen LogP contribution in [-0.2, 0) is 20.8 Å². The van der Waals surface area contributed by atoms with Gasteiger partial charge in [0.25, 0.3) is 5.91 Å². The molecule has 0 saturated carbocycles. The summed E-state index contributed by atoms with van der Waals surface area (Å²) in [5.74, 6) is -1.90. The second-order valence-electron chi connectivity index (χ2n) is 6.54. The fourth-order valence-corrected chi connectivity index (χ4v) is 4.08. The van der Waals surface area contributed by atoms with E-state index in [-0.39, 0.29) is 29.6 Å². The smallest absolute Gasteiger partial charge is 0.298 e. The molecule has 3 heterocycles. The van der Waals surface area contributed by atoms with Crippen molar-refractivity contribution >= 4 is 32.6 Å². The number of aryl methyl sites for hydroxylation is 2. The average molecular weight is 420 g/mol. The van der Waals surface area contributed by atoms with Crippen molar-refractivity contribution in [2.45, 2.75) is 20.4 Å². The molecule has 7 nitrogen and oxygen atoms in total. The van der Waals surface area contributed by atoms with E-state index in [0.29, 0.717) is 17.9 Å². The van der Waals surface area contributed by atoms with Crippen LogP contribution in [0.5, 0.6) is 0 Å². The average Bonchev–Trinajstić information content (AvgIpc) is 3.25. The van der Waals surface area contributed by atoms with Gasteiger partial charge < -0.3 is 9.47 Å². The minimum atomic E-state index is -0.773. The summed E-state index contributed by atoms with van der Waals surface area (Å²) >= 11 is 1.03. The molecule has 1 aliphatic rings. The number of thiazole rings is 1. The molecular formula is C19H18F2N4O3S. The summed E-state index contributed by atoms with van der Waals surface area (Å²) in [6.45, 7) is 5.02. The van der Waals surface area contributed by atoms with E-state index < -0.39 is 17.5 Å². The Labute approximate surface area is 169 Å². The maximum absolute atomic E-state index is 14.1. The highest BCUT2D eigenvalue weighted by Crippen LogP contribution is 2.32. The molecule has 0 N–H and O–H groups in total. The van der Waals surface area contributed by atoms with Crippen LogP contribution in [0.1, 0.15) is 11.4 Å². The highest BCUT2D eigenvalue weighted by molar-refractivity contribution is 7.22. The predicted molar refractivity (Wildman–Crippen MR) is 104 cm³/mol. The van der Waals surface area contributed by atoms with Crippen LogP contribution in [0.3, 0.4) is 0 Å². The normalized spacial score (nSPS) is 13.7. The van der Waals surface area contributed by atoms with Crippen LogP contribution in [0.2, 0.25) is 0 Å². The van der Waals surface area contributed by atoms with E-state index in [1.165, 1.54) is 17.2 Å². The van der Waals surface area contributed by atoms with Gasteiger partial charge in [0.1, 0.15) is 30.8 Å². The standard InChI is InChI=1S/C19H18F2N4O3S/c1-11-7-12(2)25(23-11)4-3-24(18(26)15-10-27-5-6-28-15)19-22-17-14(21)8-13(20)9-16(17)29-19/h7-10H,3-6H2,1-2H3. The lowest BCUT2D eigenvalue weighted by molar-refractivity contribution is -0.119. The number of amides is 1. The summed E-state index contributed by atoms with van der Waals surface area (Å²) < 4.78 is 40.4. The van der Waals surface area contributed by atoms with Crippen LogP contribution >= 0.6 is 11.3 Å². The number of carbonyl (C=O) groups is 1. The van der Waals surface area contributed by atoms with Gasteiger partial charge in [-0.25, -0.2) is 13.8 Å². The molecule has 1 aromatic carbocycles. The molecule has 0 bridgehead atoms. The third kappa shape index (κ3) is 3.93. The van der Waals surface area contributed by atoms with Gasteiger partial charge in [-0.2, -0.15) is 5.10 Å². The van der Waals surface area contributed by atoms with Gasteiger partial charge in [-0.05, 0) is 26.0 Å². The summed E-state index contributed by atoms with van der Waals surface area (Å²) in [6, 6.07) is 3.90. The van der Waals surface area contributed by atoms with Crippen molar-refractivity contribution in [1.82, 2.24) is 14.8 Å². The number of halogens is 2. The zero-order valence-corrected chi connectivity index (χ0v) is 16.6. The molecule has 0 spiro atoms. The molecule has 4 rings (SSSR count). The zero-order chi connectivity index (χ0) is 20.5. The van der Waals surface area contributed by atoms with Crippen LogP contribution in [-0.4, -0.2) is 40.4 Å². The summed E-state index contributed by atoms with van der Waals surface area (Å²) in [7, 11) is 0. The number of nitrogens with zero attached hydrogens (tertiary/aromatic N) is 4. The molecule has 0 unspecified atom stereocenters. The largest absolute Gasteiger partial charge is 0.494 e. The van der Waals surface area contributed by atoms with Gasteiger partial charge in [0.05, 0.1) is 16.9 Å². The second-order valence-corrected chi connectivity index (χ2v) is 7.55. The number of hydrogen-bond acceptors (Lipinski definition) is 6. The maximum Gasteiger partial charge on any atom is 0.298 e. The van der Waals surface area contributed by atoms with Crippen LogP contribution in [0.4, 0.5) is 13.9 Å². The lowest BCUT2D eigenvalue weighted by Gasteiger charge is -2.23. The summed E-state index contributed by atoms with van der Waals surface area (Å²) in [5, 5.41) is 4.64. The fraction of sp³-hybridized carbons (Fsp3) is 0.316. The molecule has 1 aliphatic heterocycles. The molecule has 10 heteroatoms. The number of anilines is 1. The first-order valence-electron chi connectivity index (χ1n) is 8.95. The van der Waals surface area contributed by atoms with E-state index in [1.807, 2.05) is 19.9 Å². The van der Waals surface area contributed by atoms with Gasteiger partial charge in [0.15, 0.2) is 10.9 Å². The molecular weight excluding hydrogens is 402 g/mol. The number of fused-ring (bicyclic) bond motifs is 1. The van der Waals surface area contributed by atoms with Gasteiger partial charge in [-0.3, -0.25) is 14.4 Å². The third-order valence-corrected chi connectivity index (χ3v) is 5.40. The Kier molecular flexibility index (Phi) is 5.18. The number of aromatic nitrogens is 3. The lowest BCUT2D eigenvalue weighted by Crippen LogP contribution is -2.36. The van der Waals surface area contributed by atoms with Crippen molar-refractivity contribution < 1.29 is 23.0 Å². The molecule has 0 atom stereocenters. The number of carbonyl (C=O) groups excluding carboxylic acids is 1. The fourth-order valence-electron chi connectivity index (χ4n) is 3.05. The lowest BCUT2D eigenvalue weighted by atomic mass is 10.3. The second kappa shape index (κ2) is 7.78. The number of ether oxygens (including phenoxy) is 2. The highest BCUT2D eigenvalue weighted by Gasteiger charge is 2.27. The molecule has 0 saturated heterocycles. The Balaban J connectivity index is 1.69. The van der Waals surface area contributed by atoms with Gasteiger partial charge in [0, 0.05) is 18.3 Å². The van der Waals surface area contributed by atoms with Crippen LogP contribution < -0.4 is 4.90 Å². The summed E-state index contributed by atoms with van der Waals surface area (Å²) in [6.07, 6.45) is 1.26. The first kappa shape index (κ1) is 19.3. The maximum atomic E-state index is 14.1. The molecule has 1 amide bonds. The molecule has 3 aromatic rings.